The predicted molar refractivity (Wildman–Crippen MR) is 224 cm³/mol. The molecule has 0 aliphatic carbocycles. The Morgan fingerprint density at radius 2 is 1.52 bits per heavy atom. The number of carbonyl (C=O) groups is 2. The molecule has 7 aromatic rings. The minimum absolute atomic E-state index is 0.0576. The van der Waals surface area contributed by atoms with Crippen LogP contribution in [0.4, 0.5) is 11.8 Å². The highest BCUT2D eigenvalue weighted by Gasteiger charge is 2.43. The van der Waals surface area contributed by atoms with E-state index in [-0.39, 0.29) is 42.4 Å². The van der Waals surface area contributed by atoms with Crippen molar-refractivity contribution in [1.29, 1.82) is 0 Å². The number of aliphatic hydroxyl groups is 1. The number of methoxy groups -OCH3 is 3. The molecule has 0 radical (unpaired) electrons. The summed E-state index contributed by atoms with van der Waals surface area (Å²) in [6.07, 6.45) is 1.95. The molecule has 1 fully saturated rings. The molecule has 1 saturated heterocycles. The molecule has 1 amide bonds. The van der Waals surface area contributed by atoms with E-state index in [4.69, 9.17) is 28.7 Å². The molecule has 4 atom stereocenters. The van der Waals surface area contributed by atoms with E-state index < -0.39 is 42.0 Å². The van der Waals surface area contributed by atoms with Crippen LogP contribution in [-0.2, 0) is 31.0 Å². The molecule has 16 heteroatoms. The largest absolute Gasteiger partial charge is 0.497 e. The fourth-order valence-electron chi connectivity index (χ4n) is 7.56. The lowest BCUT2D eigenvalue weighted by atomic mass is 9.80. The van der Waals surface area contributed by atoms with Gasteiger partial charge >= 0.3 is 5.97 Å². The highest BCUT2D eigenvalue weighted by Crippen LogP contribution is 2.43. The first-order valence-electron chi connectivity index (χ1n) is 19.5. The van der Waals surface area contributed by atoms with E-state index in [1.165, 1.54) is 19.8 Å². The number of nitrogens with one attached hydrogen (secondary N) is 3. The number of esters is 1. The van der Waals surface area contributed by atoms with Crippen LogP contribution in [0.3, 0.4) is 0 Å². The molecule has 4 aromatic carbocycles. The number of nitrogens with zero attached hydrogens (tertiary/aromatic N) is 5. The van der Waals surface area contributed by atoms with Gasteiger partial charge in [0.05, 0.1) is 40.4 Å². The molecule has 4 N–H and O–H groups in total. The molecule has 0 unspecified atom stereocenters. The van der Waals surface area contributed by atoms with Gasteiger partial charge in [0, 0.05) is 30.3 Å². The summed E-state index contributed by atoms with van der Waals surface area (Å²) in [6, 6.07) is 32.9. The summed E-state index contributed by atoms with van der Waals surface area (Å²) in [5, 5.41) is 17.8. The van der Waals surface area contributed by atoms with E-state index in [0.717, 1.165) is 16.7 Å². The number of carbonyl (C=O) groups excluding carboxylic acids is 2. The number of aliphatic hydroxyl groups excluding tert-OH is 1. The maximum Gasteiger partial charge on any atom is 0.328 e. The number of hydrogen-bond donors (Lipinski definition) is 4. The lowest BCUT2D eigenvalue weighted by Gasteiger charge is -2.37. The molecule has 0 saturated carbocycles. The van der Waals surface area contributed by atoms with Gasteiger partial charge < -0.3 is 44.4 Å². The van der Waals surface area contributed by atoms with Crippen LogP contribution < -0.4 is 20.1 Å². The second kappa shape index (κ2) is 18.0. The summed E-state index contributed by atoms with van der Waals surface area (Å²) in [7, 11) is 4.52. The Bertz CT molecular complexity index is 2510. The predicted octanol–water partition coefficient (Wildman–Crippen LogP) is 5.67. The minimum atomic E-state index is -1.17. The lowest BCUT2D eigenvalue weighted by molar-refractivity contribution is -0.141. The van der Waals surface area contributed by atoms with Crippen molar-refractivity contribution in [3.63, 3.8) is 0 Å². The van der Waals surface area contributed by atoms with Gasteiger partial charge in [0.25, 0.3) is 5.91 Å². The number of benzene rings is 4. The summed E-state index contributed by atoms with van der Waals surface area (Å²) in [6.45, 7) is -0.0576. The zero-order chi connectivity index (χ0) is 42.3. The average molecular weight is 825 g/mol. The smallest absolute Gasteiger partial charge is 0.328 e. The number of amides is 1. The Morgan fingerprint density at radius 1 is 0.885 bits per heavy atom. The van der Waals surface area contributed by atoms with Crippen molar-refractivity contribution < 1.29 is 38.4 Å². The summed E-state index contributed by atoms with van der Waals surface area (Å²) in [5.74, 6) is 0.686. The number of ether oxygens (including phenoxy) is 5. The number of hydrogen-bond acceptors (Lipinski definition) is 13. The Kier molecular flexibility index (Phi) is 12.0. The first-order chi connectivity index (χ1) is 29.8. The van der Waals surface area contributed by atoms with Crippen molar-refractivity contribution in [3.05, 3.63) is 156 Å². The third-order valence-electron chi connectivity index (χ3n) is 10.6. The van der Waals surface area contributed by atoms with Crippen LogP contribution in [0.1, 0.15) is 45.4 Å². The van der Waals surface area contributed by atoms with Crippen molar-refractivity contribution in [2.24, 2.45) is 0 Å². The molecule has 312 valence electrons. The number of imidazole rings is 2. The van der Waals surface area contributed by atoms with Gasteiger partial charge in [-0.15, -0.1) is 0 Å². The normalized spacial score (nSPS) is 16.8. The van der Waals surface area contributed by atoms with Crippen molar-refractivity contribution >= 4 is 34.8 Å². The van der Waals surface area contributed by atoms with Crippen molar-refractivity contribution in [2.45, 2.75) is 42.9 Å². The Balaban J connectivity index is 1.16. The molecule has 3 aromatic heterocycles. The SMILES string of the molecule is COC(=O)[C@H](Cc1cnc[nH]1)Nc1nc2c(NC(=O)c3ccccc3)ncnc2n1[C@H]1C[C@H](O)[C@@H](COC(c2ccccc2)(c2ccc(OC)cc2)c2ccc(OC)cc2)O1. The van der Waals surface area contributed by atoms with E-state index in [1.54, 1.807) is 49.2 Å². The Labute approximate surface area is 350 Å². The van der Waals surface area contributed by atoms with E-state index in [0.29, 0.717) is 22.8 Å². The number of aromatic amines is 1. The summed E-state index contributed by atoms with van der Waals surface area (Å²) < 4.78 is 31.6. The zero-order valence-corrected chi connectivity index (χ0v) is 33.6. The van der Waals surface area contributed by atoms with Crippen molar-refractivity contribution in [3.8, 4) is 11.5 Å². The second-order valence-corrected chi connectivity index (χ2v) is 14.3. The second-order valence-electron chi connectivity index (χ2n) is 14.3. The van der Waals surface area contributed by atoms with Crippen molar-refractivity contribution in [1.82, 2.24) is 29.5 Å². The third-order valence-corrected chi connectivity index (χ3v) is 10.6. The van der Waals surface area contributed by atoms with E-state index in [1.807, 2.05) is 84.9 Å². The van der Waals surface area contributed by atoms with Gasteiger partial charge in [-0.3, -0.25) is 9.36 Å². The van der Waals surface area contributed by atoms with Crippen LogP contribution in [0.15, 0.2) is 128 Å². The summed E-state index contributed by atoms with van der Waals surface area (Å²) >= 11 is 0. The van der Waals surface area contributed by atoms with Crippen LogP contribution in [0, 0.1) is 0 Å². The van der Waals surface area contributed by atoms with Gasteiger partial charge in [0.15, 0.2) is 17.0 Å². The summed E-state index contributed by atoms with van der Waals surface area (Å²) in [4.78, 5) is 47.4. The van der Waals surface area contributed by atoms with Gasteiger partial charge in [-0.25, -0.2) is 24.7 Å². The first-order valence-corrected chi connectivity index (χ1v) is 19.5. The highest BCUT2D eigenvalue weighted by molar-refractivity contribution is 6.07. The van der Waals surface area contributed by atoms with Gasteiger partial charge in [0.1, 0.15) is 41.8 Å². The maximum atomic E-state index is 13.3. The quantitative estimate of drug-likeness (QED) is 0.0688. The molecule has 1 aliphatic heterocycles. The van der Waals surface area contributed by atoms with Crippen LogP contribution in [-0.4, -0.2) is 92.7 Å². The molecule has 8 rings (SSSR count). The summed E-state index contributed by atoms with van der Waals surface area (Å²) in [5.41, 5.74) is 2.88. The molecular weight excluding hydrogens is 781 g/mol. The first kappa shape index (κ1) is 40.6. The molecule has 0 bridgehead atoms. The fraction of sp³-hybridized carbons (Fsp3) is 0.244. The van der Waals surface area contributed by atoms with Gasteiger partial charge in [0.2, 0.25) is 5.95 Å². The lowest BCUT2D eigenvalue weighted by Crippen LogP contribution is -2.38. The Hall–Kier alpha value is -7.14. The molecule has 16 nitrogen and oxygen atoms in total. The van der Waals surface area contributed by atoms with Crippen molar-refractivity contribution in [2.75, 3.05) is 38.6 Å². The van der Waals surface area contributed by atoms with Crippen LogP contribution in [0.25, 0.3) is 11.2 Å². The standard InChI is InChI=1S/C45H44N8O8/c1-57-33-18-14-30(15-19-33)45(29-12-8-5-9-13-29,31-16-20-34(58-2)21-17-31)60-25-37-36(54)23-38(61-37)53-41-39(40(48-27-49-41)52-42(55)28-10-6-4-7-11-28)51-44(53)50-35(43(56)59-3)22-32-24-46-26-47-32/h4-21,24,26-27,35-38,54H,22-23,25H2,1-3H3,(H,46,47)(H,50,51)(H,48,49,52,55)/t35-,36-,37+,38+/m0/s1. The van der Waals surface area contributed by atoms with Crippen LogP contribution in [0.5, 0.6) is 11.5 Å². The van der Waals surface area contributed by atoms with Gasteiger partial charge in [-0.1, -0.05) is 72.8 Å². The average Bonchev–Trinajstić information content (AvgIpc) is 4.06. The third kappa shape index (κ3) is 8.36. The number of rotatable bonds is 16. The molecule has 1 aliphatic rings. The van der Waals surface area contributed by atoms with E-state index in [2.05, 4.69) is 30.6 Å². The number of anilines is 2. The number of fused-ring (bicyclic) bond motifs is 1. The monoisotopic (exact) mass is 824 g/mol. The molecular formula is C45H44N8O8. The van der Waals surface area contributed by atoms with Crippen LogP contribution in [0.2, 0.25) is 0 Å². The maximum absolute atomic E-state index is 13.3. The topological polar surface area (TPSA) is 197 Å². The van der Waals surface area contributed by atoms with Crippen LogP contribution >= 0.6 is 0 Å². The Morgan fingerprint density at radius 3 is 2.13 bits per heavy atom. The number of aromatic nitrogens is 6. The molecule has 0 spiro atoms. The van der Waals surface area contributed by atoms with E-state index >= 15 is 0 Å². The fourth-order valence-corrected chi connectivity index (χ4v) is 7.56. The molecule has 61 heavy (non-hydrogen) atoms. The highest BCUT2D eigenvalue weighted by atomic mass is 16.6. The molecule has 4 heterocycles. The van der Waals surface area contributed by atoms with Gasteiger partial charge in [-0.2, -0.15) is 0 Å². The van der Waals surface area contributed by atoms with E-state index in [9.17, 15) is 14.7 Å². The number of H-pyrrole nitrogens is 1. The van der Waals surface area contributed by atoms with Gasteiger partial charge in [-0.05, 0) is 53.1 Å². The zero-order valence-electron chi connectivity index (χ0n) is 33.6. The minimum Gasteiger partial charge on any atom is -0.497 e.